The highest BCUT2D eigenvalue weighted by atomic mass is 127. The summed E-state index contributed by atoms with van der Waals surface area (Å²) < 4.78 is 7.19. The maximum absolute atomic E-state index is 12.7. The summed E-state index contributed by atoms with van der Waals surface area (Å²) in [5.74, 6) is 1.10. The van der Waals surface area contributed by atoms with E-state index in [1.807, 2.05) is 29.2 Å². The molecule has 1 aliphatic heterocycles. The second-order valence-electron chi connectivity index (χ2n) is 6.36. The number of hydrogen-bond acceptors (Lipinski definition) is 2. The summed E-state index contributed by atoms with van der Waals surface area (Å²) in [6.07, 6.45) is 1.94. The number of carbonyl (C=O) groups is 1. The number of nitrogens with zero attached hydrogens (tertiary/aromatic N) is 1. The van der Waals surface area contributed by atoms with Crippen LogP contribution in [0.3, 0.4) is 0 Å². The van der Waals surface area contributed by atoms with Crippen LogP contribution in [0.4, 0.5) is 0 Å². The Morgan fingerprint density at radius 1 is 1.12 bits per heavy atom. The van der Waals surface area contributed by atoms with E-state index >= 15 is 0 Å². The standard InChI is InChI=1S/C20H22INO2/c1-14-7-8-15(2)19(13-14)24-16-9-11-22(12-10-16)20(23)17-5-3-4-6-18(17)21/h3-8,13,16H,9-12H2,1-2H3. The molecule has 0 bridgehead atoms. The topological polar surface area (TPSA) is 29.5 Å². The molecule has 3 rings (SSSR count). The Labute approximate surface area is 157 Å². The van der Waals surface area contributed by atoms with E-state index in [9.17, 15) is 4.79 Å². The van der Waals surface area contributed by atoms with Crippen LogP contribution in [0.25, 0.3) is 0 Å². The highest BCUT2D eigenvalue weighted by Gasteiger charge is 2.25. The van der Waals surface area contributed by atoms with Gasteiger partial charge >= 0.3 is 0 Å². The van der Waals surface area contributed by atoms with Crippen molar-refractivity contribution in [2.45, 2.75) is 32.8 Å². The lowest BCUT2D eigenvalue weighted by Gasteiger charge is -2.32. The van der Waals surface area contributed by atoms with Gasteiger partial charge in [0, 0.05) is 29.5 Å². The fraction of sp³-hybridized carbons (Fsp3) is 0.350. The number of benzene rings is 2. The van der Waals surface area contributed by atoms with Crippen molar-refractivity contribution in [1.29, 1.82) is 0 Å². The Morgan fingerprint density at radius 2 is 1.83 bits per heavy atom. The molecule has 0 aromatic heterocycles. The first kappa shape index (κ1) is 17.3. The van der Waals surface area contributed by atoms with Gasteiger partial charge in [-0.15, -0.1) is 0 Å². The van der Waals surface area contributed by atoms with Crippen LogP contribution in [-0.4, -0.2) is 30.0 Å². The molecule has 1 saturated heterocycles. The van der Waals surface area contributed by atoms with Crippen LogP contribution in [0.1, 0.15) is 34.3 Å². The number of likely N-dealkylation sites (tertiary alicyclic amines) is 1. The van der Waals surface area contributed by atoms with E-state index in [0.717, 1.165) is 46.4 Å². The van der Waals surface area contributed by atoms with Gasteiger partial charge in [0.2, 0.25) is 0 Å². The van der Waals surface area contributed by atoms with Crippen molar-refractivity contribution in [2.75, 3.05) is 13.1 Å². The maximum atomic E-state index is 12.7. The van der Waals surface area contributed by atoms with Crippen LogP contribution in [0.2, 0.25) is 0 Å². The van der Waals surface area contributed by atoms with Gasteiger partial charge in [-0.3, -0.25) is 4.79 Å². The molecular formula is C20H22INO2. The smallest absolute Gasteiger partial charge is 0.254 e. The van der Waals surface area contributed by atoms with Gasteiger partial charge in [0.05, 0.1) is 5.56 Å². The molecule has 0 N–H and O–H groups in total. The van der Waals surface area contributed by atoms with Gasteiger partial charge in [-0.1, -0.05) is 24.3 Å². The van der Waals surface area contributed by atoms with Crippen molar-refractivity contribution in [1.82, 2.24) is 4.90 Å². The molecule has 0 atom stereocenters. The zero-order valence-corrected chi connectivity index (χ0v) is 16.2. The number of amides is 1. The predicted molar refractivity (Wildman–Crippen MR) is 105 cm³/mol. The fourth-order valence-electron chi connectivity index (χ4n) is 3.00. The van der Waals surface area contributed by atoms with E-state index in [4.69, 9.17) is 4.74 Å². The maximum Gasteiger partial charge on any atom is 0.254 e. The summed E-state index contributed by atoms with van der Waals surface area (Å²) in [4.78, 5) is 14.6. The van der Waals surface area contributed by atoms with Crippen LogP contribution >= 0.6 is 22.6 Å². The molecule has 1 amide bonds. The number of ether oxygens (including phenoxy) is 1. The number of piperidine rings is 1. The summed E-state index contributed by atoms with van der Waals surface area (Å²) in [5.41, 5.74) is 3.17. The van der Waals surface area contributed by atoms with Crippen molar-refractivity contribution in [3.05, 3.63) is 62.7 Å². The number of carbonyl (C=O) groups excluding carboxylic acids is 1. The van der Waals surface area contributed by atoms with Gasteiger partial charge in [-0.05, 0) is 65.8 Å². The van der Waals surface area contributed by atoms with Crippen molar-refractivity contribution < 1.29 is 9.53 Å². The second-order valence-corrected chi connectivity index (χ2v) is 7.52. The molecule has 0 unspecified atom stereocenters. The average Bonchev–Trinajstić information content (AvgIpc) is 2.59. The van der Waals surface area contributed by atoms with Crippen LogP contribution in [0.15, 0.2) is 42.5 Å². The Bertz CT molecular complexity index is 736. The highest BCUT2D eigenvalue weighted by molar-refractivity contribution is 14.1. The Morgan fingerprint density at radius 3 is 2.54 bits per heavy atom. The Hall–Kier alpha value is -1.56. The lowest BCUT2D eigenvalue weighted by molar-refractivity contribution is 0.0593. The van der Waals surface area contributed by atoms with Crippen molar-refractivity contribution in [3.63, 3.8) is 0 Å². The van der Waals surface area contributed by atoms with E-state index in [2.05, 4.69) is 54.6 Å². The van der Waals surface area contributed by atoms with E-state index in [0.29, 0.717) is 0 Å². The zero-order chi connectivity index (χ0) is 17.1. The summed E-state index contributed by atoms with van der Waals surface area (Å²) in [5, 5.41) is 0. The summed E-state index contributed by atoms with van der Waals surface area (Å²) in [6.45, 7) is 5.65. The largest absolute Gasteiger partial charge is 0.490 e. The van der Waals surface area contributed by atoms with Crippen LogP contribution in [-0.2, 0) is 0 Å². The van der Waals surface area contributed by atoms with Gasteiger partial charge in [-0.2, -0.15) is 0 Å². The van der Waals surface area contributed by atoms with E-state index < -0.39 is 0 Å². The lowest BCUT2D eigenvalue weighted by atomic mass is 10.1. The minimum Gasteiger partial charge on any atom is -0.490 e. The molecule has 0 aliphatic carbocycles. The molecule has 2 aromatic carbocycles. The Kier molecular flexibility index (Phi) is 5.43. The predicted octanol–water partition coefficient (Wildman–Crippen LogP) is 4.59. The normalized spacial score (nSPS) is 15.4. The number of aryl methyl sites for hydroxylation is 2. The molecular weight excluding hydrogens is 413 g/mol. The fourth-order valence-corrected chi connectivity index (χ4v) is 3.61. The van der Waals surface area contributed by atoms with Gasteiger partial charge in [0.25, 0.3) is 5.91 Å². The van der Waals surface area contributed by atoms with Crippen molar-refractivity contribution in [2.24, 2.45) is 0 Å². The first-order valence-corrected chi connectivity index (χ1v) is 9.40. The van der Waals surface area contributed by atoms with Crippen LogP contribution < -0.4 is 4.74 Å². The van der Waals surface area contributed by atoms with Gasteiger partial charge in [-0.25, -0.2) is 0 Å². The molecule has 3 nitrogen and oxygen atoms in total. The molecule has 1 aliphatic rings. The minimum atomic E-state index is 0.130. The number of hydrogen-bond donors (Lipinski definition) is 0. The summed E-state index contributed by atoms with van der Waals surface area (Å²) >= 11 is 2.23. The molecule has 1 heterocycles. The average molecular weight is 435 g/mol. The third-order valence-electron chi connectivity index (χ3n) is 4.47. The third kappa shape index (κ3) is 3.91. The molecule has 0 spiro atoms. The monoisotopic (exact) mass is 435 g/mol. The quantitative estimate of drug-likeness (QED) is 0.661. The van der Waals surface area contributed by atoms with E-state index in [-0.39, 0.29) is 12.0 Å². The van der Waals surface area contributed by atoms with Crippen LogP contribution in [0, 0.1) is 17.4 Å². The summed E-state index contributed by atoms with van der Waals surface area (Å²) in [7, 11) is 0. The second kappa shape index (κ2) is 7.55. The first-order chi connectivity index (χ1) is 11.5. The minimum absolute atomic E-state index is 0.130. The first-order valence-electron chi connectivity index (χ1n) is 8.32. The van der Waals surface area contributed by atoms with E-state index in [1.165, 1.54) is 5.56 Å². The third-order valence-corrected chi connectivity index (χ3v) is 5.41. The van der Waals surface area contributed by atoms with Gasteiger partial charge < -0.3 is 9.64 Å². The molecule has 2 aromatic rings. The summed E-state index contributed by atoms with van der Waals surface area (Å²) in [6, 6.07) is 14.1. The number of rotatable bonds is 3. The van der Waals surface area contributed by atoms with Crippen molar-refractivity contribution in [3.8, 4) is 5.75 Å². The zero-order valence-electron chi connectivity index (χ0n) is 14.1. The molecule has 4 heteroatoms. The molecule has 0 radical (unpaired) electrons. The lowest BCUT2D eigenvalue weighted by Crippen LogP contribution is -2.42. The Balaban J connectivity index is 1.61. The highest BCUT2D eigenvalue weighted by Crippen LogP contribution is 2.25. The SMILES string of the molecule is Cc1ccc(C)c(OC2CCN(C(=O)c3ccccc3I)CC2)c1. The van der Waals surface area contributed by atoms with Crippen LogP contribution in [0.5, 0.6) is 5.75 Å². The van der Waals surface area contributed by atoms with E-state index in [1.54, 1.807) is 0 Å². The molecule has 24 heavy (non-hydrogen) atoms. The molecule has 1 fully saturated rings. The van der Waals surface area contributed by atoms with Gasteiger partial charge in [0.15, 0.2) is 0 Å². The molecule has 0 saturated carbocycles. The molecule has 126 valence electrons. The van der Waals surface area contributed by atoms with Gasteiger partial charge in [0.1, 0.15) is 11.9 Å². The number of halogens is 1. The van der Waals surface area contributed by atoms with Crippen molar-refractivity contribution >= 4 is 28.5 Å².